The highest BCUT2D eigenvalue weighted by molar-refractivity contribution is 8.13. The van der Waals surface area contributed by atoms with Crippen molar-refractivity contribution in [2.75, 3.05) is 30.9 Å². The topological polar surface area (TPSA) is 63.7 Å². The van der Waals surface area contributed by atoms with Crippen LogP contribution in [0.5, 0.6) is 0 Å². The minimum absolute atomic E-state index is 0.0724. The average molecular weight is 424 g/mol. The lowest BCUT2D eigenvalue weighted by molar-refractivity contribution is -0.140. The maximum absolute atomic E-state index is 11.0. The van der Waals surface area contributed by atoms with E-state index in [1.807, 2.05) is 78.6 Å². The van der Waals surface area contributed by atoms with E-state index in [-0.39, 0.29) is 11.7 Å². The fourth-order valence-electron chi connectivity index (χ4n) is 1.89. The highest BCUT2D eigenvalue weighted by Gasteiger charge is 2.09. The molecule has 1 aromatic carbocycles. The molecular formula is C20H38ClNO4S. The summed E-state index contributed by atoms with van der Waals surface area (Å²) in [5, 5.41) is 0. The molecule has 0 amide bonds. The summed E-state index contributed by atoms with van der Waals surface area (Å²) in [6, 6.07) is 5.79. The molecule has 0 aliphatic rings. The highest BCUT2D eigenvalue weighted by atomic mass is 35.7. The summed E-state index contributed by atoms with van der Waals surface area (Å²) in [4.78, 5) is 12.7. The predicted octanol–water partition coefficient (Wildman–Crippen LogP) is 5.18. The predicted molar refractivity (Wildman–Crippen MR) is 118 cm³/mol. The molecule has 0 atom stereocenters. The Morgan fingerprint density at radius 2 is 1.63 bits per heavy atom. The molecule has 1 aromatic rings. The van der Waals surface area contributed by atoms with Gasteiger partial charge in [0, 0.05) is 30.3 Å². The van der Waals surface area contributed by atoms with Gasteiger partial charge in [-0.1, -0.05) is 47.6 Å². The van der Waals surface area contributed by atoms with E-state index in [2.05, 4.69) is 0 Å². The molecule has 0 fully saturated rings. The Labute approximate surface area is 171 Å². The van der Waals surface area contributed by atoms with E-state index in [4.69, 9.17) is 15.4 Å². The van der Waals surface area contributed by atoms with Crippen LogP contribution in [0.4, 0.5) is 5.69 Å². The van der Waals surface area contributed by atoms with E-state index >= 15 is 0 Å². The first kappa shape index (κ1) is 30.5. The van der Waals surface area contributed by atoms with E-state index in [0.717, 1.165) is 16.8 Å². The molecule has 0 heterocycles. The second kappa shape index (κ2) is 18.1. The summed E-state index contributed by atoms with van der Waals surface area (Å²) >= 11 is 0. The number of aryl methyl sites for hydroxylation is 2. The van der Waals surface area contributed by atoms with Crippen LogP contribution in [-0.2, 0) is 25.0 Å². The molecule has 160 valence electrons. The van der Waals surface area contributed by atoms with E-state index in [9.17, 15) is 13.2 Å². The Morgan fingerprint density at radius 3 is 2.04 bits per heavy atom. The van der Waals surface area contributed by atoms with Crippen molar-refractivity contribution in [3.05, 3.63) is 29.3 Å². The number of rotatable bonds is 7. The molecule has 0 spiro atoms. The lowest BCUT2D eigenvalue weighted by Crippen LogP contribution is -2.23. The third kappa shape index (κ3) is 16.6. The van der Waals surface area contributed by atoms with Crippen molar-refractivity contribution in [2.24, 2.45) is 0 Å². The van der Waals surface area contributed by atoms with Crippen molar-refractivity contribution < 1.29 is 17.9 Å². The maximum Gasteiger partial charge on any atom is 0.302 e. The summed E-state index contributed by atoms with van der Waals surface area (Å²) in [6.45, 7) is 16.2. The van der Waals surface area contributed by atoms with Gasteiger partial charge < -0.3 is 9.64 Å². The fourth-order valence-corrected chi connectivity index (χ4v) is 2.58. The van der Waals surface area contributed by atoms with Gasteiger partial charge in [-0.3, -0.25) is 4.79 Å². The molecule has 7 heteroatoms. The van der Waals surface area contributed by atoms with Crippen LogP contribution in [0, 0.1) is 6.92 Å². The van der Waals surface area contributed by atoms with Crippen LogP contribution in [-0.4, -0.2) is 40.3 Å². The summed E-state index contributed by atoms with van der Waals surface area (Å²) in [6.07, 6.45) is 0.398. The van der Waals surface area contributed by atoms with E-state index < -0.39 is 9.05 Å². The SMILES string of the molecule is CC.CC.CC.CC(=O)OCCN(C)c1ccc(CCS(=O)(=O)Cl)c(C)c1. The van der Waals surface area contributed by atoms with Gasteiger partial charge in [0.2, 0.25) is 9.05 Å². The molecule has 0 bridgehead atoms. The molecule has 0 aliphatic carbocycles. The van der Waals surface area contributed by atoms with Crippen molar-refractivity contribution in [3.63, 3.8) is 0 Å². The summed E-state index contributed by atoms with van der Waals surface area (Å²) in [5.41, 5.74) is 2.95. The molecule has 1 rings (SSSR count). The number of anilines is 1. The van der Waals surface area contributed by atoms with Crippen molar-refractivity contribution in [3.8, 4) is 0 Å². The zero-order chi connectivity index (χ0) is 22.0. The Hall–Kier alpha value is -1.27. The molecule has 0 saturated carbocycles. The monoisotopic (exact) mass is 423 g/mol. The Morgan fingerprint density at radius 1 is 1.11 bits per heavy atom. The van der Waals surface area contributed by atoms with Gasteiger partial charge in [0.15, 0.2) is 0 Å². The average Bonchev–Trinajstić information content (AvgIpc) is 2.64. The zero-order valence-corrected chi connectivity index (χ0v) is 20.0. The number of nitrogens with zero attached hydrogens (tertiary/aromatic N) is 1. The Balaban J connectivity index is -0.000000869. The van der Waals surface area contributed by atoms with E-state index in [1.54, 1.807) is 0 Å². The van der Waals surface area contributed by atoms with Gasteiger partial charge in [-0.15, -0.1) is 0 Å². The van der Waals surface area contributed by atoms with Crippen LogP contribution in [0.2, 0.25) is 0 Å². The normalized spacial score (nSPS) is 9.41. The molecule has 0 radical (unpaired) electrons. The third-order valence-corrected chi connectivity index (χ3v) is 4.27. The number of halogens is 1. The number of ether oxygens (including phenoxy) is 1. The lowest BCUT2D eigenvalue weighted by atomic mass is 10.1. The minimum Gasteiger partial charge on any atom is -0.464 e. The molecule has 0 unspecified atom stereocenters. The van der Waals surface area contributed by atoms with Gasteiger partial charge in [-0.05, 0) is 36.6 Å². The first-order valence-corrected chi connectivity index (χ1v) is 12.0. The zero-order valence-electron chi connectivity index (χ0n) is 18.4. The first-order valence-electron chi connectivity index (χ1n) is 9.55. The van der Waals surface area contributed by atoms with Crippen LogP contribution in [0.1, 0.15) is 59.6 Å². The third-order valence-electron chi connectivity index (χ3n) is 3.11. The summed E-state index contributed by atoms with van der Waals surface area (Å²) in [5.74, 6) is -0.367. The number of carbonyl (C=O) groups is 1. The van der Waals surface area contributed by atoms with Gasteiger partial charge in [-0.25, -0.2) is 8.42 Å². The molecule has 0 saturated heterocycles. The van der Waals surface area contributed by atoms with Crippen LogP contribution in [0.25, 0.3) is 0 Å². The molecule has 5 nitrogen and oxygen atoms in total. The quantitative estimate of drug-likeness (QED) is 0.446. The standard InChI is InChI=1S/C14H20ClNO4S.3C2H6/c1-11-10-14(16(3)7-8-20-12(2)17)5-4-13(11)6-9-21(15,18)19;3*1-2/h4-5,10H,6-9H2,1-3H3;3*1-2H3. The number of likely N-dealkylation sites (N-methyl/N-ethyl adjacent to an activating group) is 1. The number of hydrogen-bond acceptors (Lipinski definition) is 5. The van der Waals surface area contributed by atoms with Gasteiger partial charge in [0.1, 0.15) is 6.61 Å². The van der Waals surface area contributed by atoms with Crippen molar-refractivity contribution in [2.45, 2.75) is 61.8 Å². The molecular weight excluding hydrogens is 386 g/mol. The minimum atomic E-state index is -3.47. The van der Waals surface area contributed by atoms with Gasteiger partial charge in [0.25, 0.3) is 0 Å². The van der Waals surface area contributed by atoms with Crippen LogP contribution < -0.4 is 4.90 Å². The van der Waals surface area contributed by atoms with Crippen LogP contribution in [0.15, 0.2) is 18.2 Å². The van der Waals surface area contributed by atoms with Crippen molar-refractivity contribution in [1.29, 1.82) is 0 Å². The smallest absolute Gasteiger partial charge is 0.302 e. The molecule has 0 aliphatic heterocycles. The largest absolute Gasteiger partial charge is 0.464 e. The van der Waals surface area contributed by atoms with Crippen molar-refractivity contribution >= 4 is 31.4 Å². The molecule has 0 N–H and O–H groups in total. The van der Waals surface area contributed by atoms with Crippen molar-refractivity contribution in [1.82, 2.24) is 0 Å². The summed E-state index contributed by atoms with van der Waals surface area (Å²) in [7, 11) is 3.65. The van der Waals surface area contributed by atoms with Gasteiger partial charge >= 0.3 is 5.97 Å². The summed E-state index contributed by atoms with van der Waals surface area (Å²) < 4.78 is 26.9. The van der Waals surface area contributed by atoms with Gasteiger partial charge in [-0.2, -0.15) is 0 Å². The number of benzene rings is 1. The Bertz CT molecular complexity index is 604. The second-order valence-electron chi connectivity index (χ2n) is 4.87. The van der Waals surface area contributed by atoms with E-state index in [0.29, 0.717) is 19.6 Å². The Kier molecular flexibility index (Phi) is 20.4. The van der Waals surface area contributed by atoms with E-state index in [1.165, 1.54) is 6.92 Å². The van der Waals surface area contributed by atoms with Crippen LogP contribution in [0.3, 0.4) is 0 Å². The second-order valence-corrected chi connectivity index (χ2v) is 7.76. The fraction of sp³-hybridized carbons (Fsp3) is 0.650. The molecule has 27 heavy (non-hydrogen) atoms. The number of carbonyl (C=O) groups excluding carboxylic acids is 1. The lowest BCUT2D eigenvalue weighted by Gasteiger charge is -2.20. The molecule has 0 aromatic heterocycles. The maximum atomic E-state index is 11.0. The highest BCUT2D eigenvalue weighted by Crippen LogP contribution is 2.19. The van der Waals surface area contributed by atoms with Gasteiger partial charge in [0.05, 0.1) is 12.3 Å². The van der Waals surface area contributed by atoms with Crippen LogP contribution >= 0.6 is 10.7 Å². The first-order chi connectivity index (χ1) is 12.7. The number of esters is 1. The number of hydrogen-bond donors (Lipinski definition) is 0.